The zero-order valence-corrected chi connectivity index (χ0v) is 11.0. The minimum atomic E-state index is -0.366. The third-order valence-corrected chi connectivity index (χ3v) is 3.56. The first kappa shape index (κ1) is 13.9. The second-order valence-corrected chi connectivity index (χ2v) is 5.12. The van der Waals surface area contributed by atoms with Crippen molar-refractivity contribution in [2.45, 2.75) is 38.4 Å². The summed E-state index contributed by atoms with van der Waals surface area (Å²) in [6.07, 6.45) is 3.10. The van der Waals surface area contributed by atoms with Gasteiger partial charge < -0.3 is 15.2 Å². The second kappa shape index (κ2) is 7.14. The number of ether oxygens (including phenoxy) is 1. The highest BCUT2D eigenvalue weighted by molar-refractivity contribution is 5.67. The molecule has 0 atom stereocenters. The van der Waals surface area contributed by atoms with Gasteiger partial charge in [-0.15, -0.1) is 0 Å². The van der Waals surface area contributed by atoms with Crippen LogP contribution in [0.15, 0.2) is 30.3 Å². The average Bonchev–Trinajstić information content (AvgIpc) is 2.45. The van der Waals surface area contributed by atoms with Crippen molar-refractivity contribution in [2.24, 2.45) is 5.92 Å². The number of hydrogen-bond acceptors (Lipinski definition) is 3. The summed E-state index contributed by atoms with van der Waals surface area (Å²) in [6, 6.07) is 9.63. The SMILES string of the molecule is O=C(NCC1CCC(O)CC1)OCc1ccccc1. The van der Waals surface area contributed by atoms with Crippen LogP contribution in [0.5, 0.6) is 0 Å². The Morgan fingerprint density at radius 1 is 1.21 bits per heavy atom. The van der Waals surface area contributed by atoms with Crippen molar-refractivity contribution in [1.29, 1.82) is 0 Å². The van der Waals surface area contributed by atoms with Gasteiger partial charge >= 0.3 is 6.09 Å². The molecule has 1 saturated carbocycles. The monoisotopic (exact) mass is 263 g/mol. The van der Waals surface area contributed by atoms with E-state index >= 15 is 0 Å². The number of hydrogen-bond donors (Lipinski definition) is 2. The topological polar surface area (TPSA) is 58.6 Å². The van der Waals surface area contributed by atoms with E-state index in [1.54, 1.807) is 0 Å². The number of carbonyl (C=O) groups is 1. The molecule has 4 nitrogen and oxygen atoms in total. The van der Waals surface area contributed by atoms with Crippen molar-refractivity contribution in [3.8, 4) is 0 Å². The highest BCUT2D eigenvalue weighted by atomic mass is 16.5. The summed E-state index contributed by atoms with van der Waals surface area (Å²) < 4.78 is 5.14. The average molecular weight is 263 g/mol. The summed E-state index contributed by atoms with van der Waals surface area (Å²) in [5, 5.41) is 12.2. The van der Waals surface area contributed by atoms with E-state index in [9.17, 15) is 9.90 Å². The summed E-state index contributed by atoms with van der Waals surface area (Å²) in [4.78, 5) is 11.5. The van der Waals surface area contributed by atoms with Gasteiger partial charge in [-0.25, -0.2) is 4.79 Å². The molecule has 1 aliphatic carbocycles. The number of aliphatic hydroxyl groups is 1. The fourth-order valence-corrected chi connectivity index (χ4v) is 2.35. The first-order chi connectivity index (χ1) is 9.24. The van der Waals surface area contributed by atoms with Gasteiger partial charge in [0, 0.05) is 6.54 Å². The zero-order valence-electron chi connectivity index (χ0n) is 11.0. The zero-order chi connectivity index (χ0) is 13.5. The summed E-state index contributed by atoms with van der Waals surface area (Å²) in [6.45, 7) is 0.941. The van der Waals surface area contributed by atoms with Crippen LogP contribution in [0.25, 0.3) is 0 Å². The largest absolute Gasteiger partial charge is 0.445 e. The summed E-state index contributed by atoms with van der Waals surface area (Å²) in [5.74, 6) is 0.465. The van der Waals surface area contributed by atoms with Crippen molar-refractivity contribution in [2.75, 3.05) is 6.54 Å². The maximum atomic E-state index is 11.5. The van der Waals surface area contributed by atoms with Crippen LogP contribution >= 0.6 is 0 Å². The van der Waals surface area contributed by atoms with E-state index in [-0.39, 0.29) is 12.2 Å². The van der Waals surface area contributed by atoms with Gasteiger partial charge in [-0.3, -0.25) is 0 Å². The number of nitrogens with one attached hydrogen (secondary N) is 1. The molecule has 0 spiro atoms. The Balaban J connectivity index is 1.62. The summed E-state index contributed by atoms with van der Waals surface area (Å²) >= 11 is 0. The van der Waals surface area contributed by atoms with E-state index in [0.29, 0.717) is 19.1 Å². The number of rotatable bonds is 4. The Morgan fingerprint density at radius 3 is 2.58 bits per heavy atom. The van der Waals surface area contributed by atoms with Crippen LogP contribution in [0.2, 0.25) is 0 Å². The lowest BCUT2D eigenvalue weighted by Gasteiger charge is -2.25. The molecular weight excluding hydrogens is 242 g/mol. The molecule has 1 amide bonds. The van der Waals surface area contributed by atoms with E-state index in [1.165, 1.54) is 0 Å². The molecule has 2 N–H and O–H groups in total. The third kappa shape index (κ3) is 4.91. The van der Waals surface area contributed by atoms with E-state index < -0.39 is 0 Å². The normalized spacial score (nSPS) is 22.8. The van der Waals surface area contributed by atoms with Crippen molar-refractivity contribution in [3.05, 3.63) is 35.9 Å². The molecule has 104 valence electrons. The van der Waals surface area contributed by atoms with Gasteiger partial charge in [0.2, 0.25) is 0 Å². The minimum absolute atomic E-state index is 0.152. The molecule has 0 unspecified atom stereocenters. The van der Waals surface area contributed by atoms with Gasteiger partial charge in [-0.2, -0.15) is 0 Å². The number of benzene rings is 1. The van der Waals surface area contributed by atoms with Gasteiger partial charge in [-0.05, 0) is 37.2 Å². The predicted octanol–water partition coefficient (Wildman–Crippen LogP) is 2.46. The standard InChI is InChI=1S/C15H21NO3/c17-14-8-6-12(7-9-14)10-16-15(18)19-11-13-4-2-1-3-5-13/h1-5,12,14,17H,6-11H2,(H,16,18). The molecule has 0 radical (unpaired) electrons. The molecular formula is C15H21NO3. The van der Waals surface area contributed by atoms with Crippen LogP contribution in [0.1, 0.15) is 31.2 Å². The van der Waals surface area contributed by atoms with E-state index in [4.69, 9.17) is 4.74 Å². The molecule has 4 heteroatoms. The fourth-order valence-electron chi connectivity index (χ4n) is 2.35. The number of alkyl carbamates (subject to hydrolysis) is 1. The van der Waals surface area contributed by atoms with Crippen molar-refractivity contribution >= 4 is 6.09 Å². The molecule has 1 aliphatic rings. The molecule has 0 aliphatic heterocycles. The lowest BCUT2D eigenvalue weighted by atomic mass is 9.87. The first-order valence-electron chi connectivity index (χ1n) is 6.86. The van der Waals surface area contributed by atoms with Crippen LogP contribution < -0.4 is 5.32 Å². The maximum absolute atomic E-state index is 11.5. The summed E-state index contributed by atoms with van der Waals surface area (Å²) in [7, 11) is 0. The lowest BCUT2D eigenvalue weighted by Crippen LogP contribution is -2.32. The van der Waals surface area contributed by atoms with Crippen molar-refractivity contribution in [3.63, 3.8) is 0 Å². The Hall–Kier alpha value is -1.55. The van der Waals surface area contributed by atoms with E-state index in [0.717, 1.165) is 31.2 Å². The van der Waals surface area contributed by atoms with Gasteiger partial charge in [0.25, 0.3) is 0 Å². The minimum Gasteiger partial charge on any atom is -0.445 e. The Bertz CT molecular complexity index is 386. The molecule has 1 fully saturated rings. The van der Waals surface area contributed by atoms with Crippen LogP contribution in [0.3, 0.4) is 0 Å². The molecule has 0 aromatic heterocycles. The predicted molar refractivity (Wildman–Crippen MR) is 72.6 cm³/mol. The molecule has 0 heterocycles. The number of aliphatic hydroxyl groups excluding tert-OH is 1. The van der Waals surface area contributed by atoms with Gasteiger partial charge in [-0.1, -0.05) is 30.3 Å². The van der Waals surface area contributed by atoms with Gasteiger partial charge in [0.15, 0.2) is 0 Å². The first-order valence-corrected chi connectivity index (χ1v) is 6.86. The van der Waals surface area contributed by atoms with Crippen molar-refractivity contribution < 1.29 is 14.6 Å². The smallest absolute Gasteiger partial charge is 0.407 e. The lowest BCUT2D eigenvalue weighted by molar-refractivity contribution is 0.105. The Kier molecular flexibility index (Phi) is 5.21. The second-order valence-electron chi connectivity index (χ2n) is 5.12. The van der Waals surface area contributed by atoms with Gasteiger partial charge in [0.05, 0.1) is 6.10 Å². The van der Waals surface area contributed by atoms with Crippen LogP contribution in [-0.2, 0) is 11.3 Å². The van der Waals surface area contributed by atoms with E-state index in [1.807, 2.05) is 30.3 Å². The van der Waals surface area contributed by atoms with Crippen LogP contribution in [0, 0.1) is 5.92 Å². The third-order valence-electron chi connectivity index (χ3n) is 3.56. The highest BCUT2D eigenvalue weighted by Crippen LogP contribution is 2.23. The molecule has 0 bridgehead atoms. The van der Waals surface area contributed by atoms with Crippen molar-refractivity contribution in [1.82, 2.24) is 5.32 Å². The van der Waals surface area contributed by atoms with E-state index in [2.05, 4.69) is 5.32 Å². The Labute approximate surface area is 113 Å². The maximum Gasteiger partial charge on any atom is 0.407 e. The summed E-state index contributed by atoms with van der Waals surface area (Å²) in [5.41, 5.74) is 0.985. The Morgan fingerprint density at radius 2 is 1.89 bits per heavy atom. The van der Waals surface area contributed by atoms with Crippen LogP contribution in [0.4, 0.5) is 4.79 Å². The fraction of sp³-hybridized carbons (Fsp3) is 0.533. The molecule has 2 rings (SSSR count). The molecule has 1 aromatic rings. The molecule has 1 aromatic carbocycles. The highest BCUT2D eigenvalue weighted by Gasteiger charge is 2.19. The number of carbonyl (C=O) groups excluding carboxylic acids is 1. The number of amides is 1. The molecule has 19 heavy (non-hydrogen) atoms. The quantitative estimate of drug-likeness (QED) is 0.877. The van der Waals surface area contributed by atoms with Crippen LogP contribution in [-0.4, -0.2) is 23.8 Å². The molecule has 0 saturated heterocycles. The van der Waals surface area contributed by atoms with Gasteiger partial charge in [0.1, 0.15) is 6.61 Å².